The van der Waals surface area contributed by atoms with Gasteiger partial charge < -0.3 is 19.4 Å². The highest BCUT2D eigenvalue weighted by Gasteiger charge is 2.54. The van der Waals surface area contributed by atoms with E-state index in [0.717, 1.165) is 32.3 Å². The fourth-order valence-electron chi connectivity index (χ4n) is 4.97. The van der Waals surface area contributed by atoms with Crippen LogP contribution in [0.15, 0.2) is 48.1 Å². The predicted octanol–water partition coefficient (Wildman–Crippen LogP) is 4.99. The number of nitrogens with one attached hydrogen (secondary N) is 1. The van der Waals surface area contributed by atoms with Crippen LogP contribution in [0.25, 0.3) is 15.3 Å². The van der Waals surface area contributed by atoms with E-state index in [9.17, 15) is 9.59 Å². The smallest absolute Gasteiger partial charge is 0.407 e. The number of aryl methyl sites for hydroxylation is 2. The molecule has 2 amide bonds. The van der Waals surface area contributed by atoms with Crippen molar-refractivity contribution in [2.75, 3.05) is 13.1 Å². The molecule has 174 valence electrons. The third kappa shape index (κ3) is 3.78. The number of fused-ring (bicyclic) bond motifs is 2. The number of hydrogen-bond donors (Lipinski definition) is 1. The van der Waals surface area contributed by atoms with Gasteiger partial charge in [0.15, 0.2) is 5.75 Å². The van der Waals surface area contributed by atoms with E-state index >= 15 is 0 Å². The summed E-state index contributed by atoms with van der Waals surface area (Å²) < 4.78 is 7.45. The van der Waals surface area contributed by atoms with Crippen LogP contribution in [0.1, 0.15) is 27.5 Å². The van der Waals surface area contributed by atoms with Crippen LogP contribution in [0, 0.1) is 25.7 Å². The zero-order valence-electron chi connectivity index (χ0n) is 18.9. The summed E-state index contributed by atoms with van der Waals surface area (Å²) in [4.78, 5) is 34.5. The van der Waals surface area contributed by atoms with Crippen molar-refractivity contribution in [1.29, 1.82) is 0 Å². The number of hydrogen-bond acceptors (Lipinski definition) is 6. The highest BCUT2D eigenvalue weighted by atomic mass is 32.1. The number of carbonyl (C=O) groups is 2. The number of amides is 2. The molecule has 0 unspecified atom stereocenters. The lowest BCUT2D eigenvalue weighted by atomic mass is 10.1. The second-order valence-corrected chi connectivity index (χ2v) is 11.1. The Labute approximate surface area is 205 Å². The van der Waals surface area contributed by atoms with Crippen LogP contribution in [0.5, 0.6) is 5.75 Å². The Morgan fingerprint density at radius 3 is 2.97 bits per heavy atom. The largest absolute Gasteiger partial charge is 0.412 e. The molecule has 2 aliphatic rings. The van der Waals surface area contributed by atoms with Crippen LogP contribution in [0.2, 0.25) is 0 Å². The molecule has 1 aliphatic heterocycles. The lowest BCUT2D eigenvalue weighted by molar-refractivity contribution is 0.0700. The van der Waals surface area contributed by atoms with E-state index in [1.54, 1.807) is 17.4 Å². The zero-order chi connectivity index (χ0) is 23.4. The number of nitrogens with zero attached hydrogens (tertiary/aromatic N) is 3. The normalized spacial score (nSPS) is 21.0. The highest BCUT2D eigenvalue weighted by Crippen LogP contribution is 2.50. The van der Waals surface area contributed by atoms with Gasteiger partial charge in [-0.25, -0.2) is 9.78 Å². The summed E-state index contributed by atoms with van der Waals surface area (Å²) >= 11 is 3.07. The van der Waals surface area contributed by atoms with Crippen LogP contribution < -0.4 is 10.1 Å². The van der Waals surface area contributed by atoms with Gasteiger partial charge in [0.05, 0.1) is 15.9 Å². The lowest BCUT2D eigenvalue weighted by Gasteiger charge is -2.27. The Hall–Kier alpha value is -3.17. The Kier molecular flexibility index (Phi) is 5.18. The Morgan fingerprint density at radius 2 is 2.12 bits per heavy atom. The summed E-state index contributed by atoms with van der Waals surface area (Å²) in [6, 6.07) is 9.91. The predicted molar refractivity (Wildman–Crippen MR) is 133 cm³/mol. The van der Waals surface area contributed by atoms with E-state index in [1.165, 1.54) is 11.3 Å². The van der Waals surface area contributed by atoms with Gasteiger partial charge in [-0.05, 0) is 37.7 Å². The number of ether oxygens (including phenoxy) is 1. The topological polar surface area (TPSA) is 75.9 Å². The fourth-order valence-corrected chi connectivity index (χ4v) is 6.67. The molecule has 0 bridgehead atoms. The lowest BCUT2D eigenvalue weighted by Crippen LogP contribution is -2.46. The van der Waals surface area contributed by atoms with Gasteiger partial charge in [-0.2, -0.15) is 0 Å². The van der Waals surface area contributed by atoms with Gasteiger partial charge in [-0.1, -0.05) is 29.8 Å². The van der Waals surface area contributed by atoms with E-state index < -0.39 is 6.09 Å². The van der Waals surface area contributed by atoms with Gasteiger partial charge in [0, 0.05) is 36.9 Å². The van der Waals surface area contributed by atoms with Crippen molar-refractivity contribution in [3.8, 4) is 16.2 Å². The second-order valence-electron chi connectivity index (χ2n) is 9.03. The fraction of sp³-hybridized carbons (Fsp3) is 0.320. The van der Waals surface area contributed by atoms with Gasteiger partial charge in [0.1, 0.15) is 10.5 Å². The van der Waals surface area contributed by atoms with Crippen LogP contribution in [0.3, 0.4) is 0 Å². The summed E-state index contributed by atoms with van der Waals surface area (Å²) in [6.45, 7) is 5.06. The summed E-state index contributed by atoms with van der Waals surface area (Å²) in [7, 11) is 0. The van der Waals surface area contributed by atoms with E-state index in [0.29, 0.717) is 36.4 Å². The number of carbonyl (C=O) groups excluding carboxylic acids is 2. The van der Waals surface area contributed by atoms with Gasteiger partial charge in [-0.15, -0.1) is 22.7 Å². The first kappa shape index (κ1) is 21.4. The highest BCUT2D eigenvalue weighted by molar-refractivity contribution is 7.16. The summed E-state index contributed by atoms with van der Waals surface area (Å²) in [6.07, 6.45) is 4.39. The molecule has 0 radical (unpaired) electrons. The molecule has 9 heteroatoms. The maximum absolute atomic E-state index is 13.7. The van der Waals surface area contributed by atoms with Gasteiger partial charge in [-0.3, -0.25) is 4.79 Å². The van der Waals surface area contributed by atoms with Crippen molar-refractivity contribution in [2.24, 2.45) is 11.8 Å². The molecule has 2 fully saturated rings. The average molecular weight is 493 g/mol. The minimum absolute atomic E-state index is 0.0480. The Bertz CT molecular complexity index is 1400. The van der Waals surface area contributed by atoms with Crippen LogP contribution in [-0.2, 0) is 0 Å². The van der Waals surface area contributed by atoms with Crippen LogP contribution >= 0.6 is 22.7 Å². The number of likely N-dealkylation sites (tertiary alicyclic amines) is 1. The molecular formula is C25H24N4O3S2. The number of piperidine rings is 1. The van der Waals surface area contributed by atoms with Crippen LogP contribution in [-0.4, -0.2) is 45.4 Å². The van der Waals surface area contributed by atoms with Gasteiger partial charge in [0.25, 0.3) is 5.91 Å². The van der Waals surface area contributed by atoms with E-state index in [4.69, 9.17) is 4.74 Å². The molecule has 4 aromatic rings. The molecule has 3 atom stereocenters. The standard InChI is InChI=1S/C25H24N4O3S2/c1-14-4-3-5-16(10-14)22-21(27-15(2)34-22)23(30)29-13-17-11-18(17)19(29)12-26-25(31)32-20-6-7-28-8-9-33-24(20)28/h3-10,17-19H,11-13H2,1-2H3,(H,26,31)/t17-,18-,19+/m0/s1. The van der Waals surface area contributed by atoms with Crippen LogP contribution in [0.4, 0.5) is 4.79 Å². The molecule has 1 aromatic carbocycles. The molecule has 0 spiro atoms. The molecule has 6 rings (SSSR count). The van der Waals surface area contributed by atoms with Crippen molar-refractivity contribution in [2.45, 2.75) is 26.3 Å². The first-order valence-corrected chi connectivity index (χ1v) is 13.0. The summed E-state index contributed by atoms with van der Waals surface area (Å²) in [5.41, 5.74) is 2.67. The van der Waals surface area contributed by atoms with Crippen molar-refractivity contribution in [1.82, 2.24) is 19.6 Å². The number of benzene rings is 1. The average Bonchev–Trinajstić information content (AvgIpc) is 3.20. The van der Waals surface area contributed by atoms with E-state index in [-0.39, 0.29) is 11.9 Å². The zero-order valence-corrected chi connectivity index (χ0v) is 20.5. The first-order chi connectivity index (χ1) is 16.5. The van der Waals surface area contributed by atoms with Crippen molar-refractivity contribution < 1.29 is 14.3 Å². The van der Waals surface area contributed by atoms with Gasteiger partial charge in [0.2, 0.25) is 0 Å². The summed E-state index contributed by atoms with van der Waals surface area (Å²) in [5, 5.41) is 5.71. The van der Waals surface area contributed by atoms with Crippen molar-refractivity contribution >= 4 is 39.5 Å². The monoisotopic (exact) mass is 492 g/mol. The molecular weight excluding hydrogens is 468 g/mol. The molecule has 1 saturated carbocycles. The SMILES string of the molecule is Cc1cccc(-c2sc(C)nc2C(=O)N2C[C@@H]3C[C@@H]3[C@H]2CNC(=O)Oc2ccn3ccsc23)c1. The van der Waals surface area contributed by atoms with E-state index in [1.807, 2.05) is 59.1 Å². The molecule has 1 N–H and O–H groups in total. The molecule has 34 heavy (non-hydrogen) atoms. The third-order valence-electron chi connectivity index (χ3n) is 6.67. The number of aromatic nitrogens is 2. The van der Waals surface area contributed by atoms with E-state index in [2.05, 4.69) is 16.4 Å². The maximum atomic E-state index is 13.7. The number of thiazole rings is 2. The minimum Gasteiger partial charge on any atom is -0.407 e. The van der Waals surface area contributed by atoms with Crippen molar-refractivity contribution in [3.05, 3.63) is 64.4 Å². The van der Waals surface area contributed by atoms with Gasteiger partial charge >= 0.3 is 6.09 Å². The quantitative estimate of drug-likeness (QED) is 0.426. The Balaban J connectivity index is 1.18. The Morgan fingerprint density at radius 1 is 1.24 bits per heavy atom. The minimum atomic E-state index is -0.497. The second kappa shape index (κ2) is 8.25. The molecule has 7 nitrogen and oxygen atoms in total. The first-order valence-electron chi connectivity index (χ1n) is 11.3. The molecule has 3 aromatic heterocycles. The third-order valence-corrected chi connectivity index (χ3v) is 8.58. The summed E-state index contributed by atoms with van der Waals surface area (Å²) in [5.74, 6) is 1.41. The molecule has 1 aliphatic carbocycles. The number of rotatable bonds is 5. The molecule has 4 heterocycles. The van der Waals surface area contributed by atoms with Crippen molar-refractivity contribution in [3.63, 3.8) is 0 Å². The maximum Gasteiger partial charge on any atom is 0.412 e. The molecule has 1 saturated heterocycles.